The fraction of sp³-hybridized carbons (Fsp3) is 0.500. The molecule has 0 aromatic rings. The van der Waals surface area contributed by atoms with Crippen LogP contribution in [0.15, 0.2) is 28.9 Å². The second-order valence-electron chi connectivity index (χ2n) is 3.43. The van der Waals surface area contributed by atoms with E-state index in [0.717, 1.165) is 11.5 Å². The number of hydrogen-bond donors (Lipinski definition) is 0. The van der Waals surface area contributed by atoms with Gasteiger partial charge in [-0.05, 0) is 26.3 Å². The van der Waals surface area contributed by atoms with Crippen molar-refractivity contribution in [3.8, 4) is 0 Å². The van der Waals surface area contributed by atoms with Gasteiger partial charge in [-0.2, -0.15) is 0 Å². The lowest BCUT2D eigenvalue weighted by Crippen LogP contribution is -2.25. The third-order valence-corrected chi connectivity index (χ3v) is 4.02. The topological polar surface area (TPSA) is 12.4 Å². The molecule has 0 fully saturated rings. The largest absolute Gasteiger partial charge is 0.234 e. The molecule has 1 rings (SSSR count). The molecular formula is C10H13BrClNS. The van der Waals surface area contributed by atoms with Crippen molar-refractivity contribution in [3.05, 3.63) is 23.9 Å². The highest BCUT2D eigenvalue weighted by Gasteiger charge is 2.30. The van der Waals surface area contributed by atoms with Gasteiger partial charge in [0.2, 0.25) is 0 Å². The number of allylic oxidation sites excluding steroid dienone is 2. The third kappa shape index (κ3) is 2.88. The van der Waals surface area contributed by atoms with Gasteiger partial charge in [-0.1, -0.05) is 45.4 Å². The fourth-order valence-corrected chi connectivity index (χ4v) is 2.78. The molecule has 2 atom stereocenters. The van der Waals surface area contributed by atoms with Crippen molar-refractivity contribution in [3.63, 3.8) is 0 Å². The van der Waals surface area contributed by atoms with Crippen LogP contribution >= 0.6 is 39.3 Å². The molecule has 1 heterocycles. The van der Waals surface area contributed by atoms with E-state index in [1.54, 1.807) is 11.8 Å². The quantitative estimate of drug-likeness (QED) is 0.414. The standard InChI is InChI=1S/C10H13BrClNS/c1-4-10(3)6-5-8(12)13-9(10)14-7(2)11/h4-5,7H,1,6H2,2-3H3. The summed E-state index contributed by atoms with van der Waals surface area (Å²) in [6.45, 7) is 8.06. The van der Waals surface area contributed by atoms with E-state index < -0.39 is 0 Å². The molecule has 0 aromatic heterocycles. The van der Waals surface area contributed by atoms with Crippen LogP contribution in [-0.2, 0) is 0 Å². The van der Waals surface area contributed by atoms with E-state index >= 15 is 0 Å². The van der Waals surface area contributed by atoms with Crippen molar-refractivity contribution >= 4 is 44.3 Å². The number of nitrogens with zero attached hydrogens (tertiary/aromatic N) is 1. The highest BCUT2D eigenvalue weighted by Crippen LogP contribution is 2.39. The minimum absolute atomic E-state index is 0.0644. The predicted molar refractivity (Wildman–Crippen MR) is 70.3 cm³/mol. The molecule has 1 aliphatic heterocycles. The summed E-state index contributed by atoms with van der Waals surface area (Å²) in [4.78, 5) is 4.35. The molecule has 0 saturated carbocycles. The van der Waals surface area contributed by atoms with E-state index in [1.807, 2.05) is 12.2 Å². The molecule has 4 heteroatoms. The molecule has 1 nitrogen and oxygen atoms in total. The van der Waals surface area contributed by atoms with Gasteiger partial charge in [0.25, 0.3) is 0 Å². The maximum absolute atomic E-state index is 5.89. The van der Waals surface area contributed by atoms with Crippen LogP contribution in [0.3, 0.4) is 0 Å². The summed E-state index contributed by atoms with van der Waals surface area (Å²) in [7, 11) is 0. The molecule has 0 saturated heterocycles. The first kappa shape index (κ1) is 12.3. The van der Waals surface area contributed by atoms with E-state index in [1.165, 1.54) is 0 Å². The van der Waals surface area contributed by atoms with Gasteiger partial charge in [0, 0.05) is 5.41 Å². The molecule has 2 unspecified atom stereocenters. The zero-order valence-electron chi connectivity index (χ0n) is 8.26. The maximum Gasteiger partial charge on any atom is 0.126 e. The number of rotatable bonds is 2. The first-order chi connectivity index (χ1) is 6.48. The predicted octanol–water partition coefficient (Wildman–Crippen LogP) is 4.54. The van der Waals surface area contributed by atoms with E-state index in [-0.39, 0.29) is 5.41 Å². The number of alkyl halides is 1. The van der Waals surface area contributed by atoms with Crippen LogP contribution in [0.2, 0.25) is 0 Å². The van der Waals surface area contributed by atoms with E-state index in [4.69, 9.17) is 11.6 Å². The smallest absolute Gasteiger partial charge is 0.126 e. The zero-order valence-corrected chi connectivity index (χ0v) is 11.4. The van der Waals surface area contributed by atoms with E-state index in [0.29, 0.717) is 9.32 Å². The van der Waals surface area contributed by atoms with Crippen LogP contribution in [0, 0.1) is 5.41 Å². The lowest BCUT2D eigenvalue weighted by Gasteiger charge is -2.29. The van der Waals surface area contributed by atoms with Crippen LogP contribution in [0.1, 0.15) is 20.3 Å². The van der Waals surface area contributed by atoms with Crippen LogP contribution in [0.4, 0.5) is 0 Å². The lowest BCUT2D eigenvalue weighted by molar-refractivity contribution is 0.609. The van der Waals surface area contributed by atoms with Gasteiger partial charge >= 0.3 is 0 Å². The second-order valence-corrected chi connectivity index (χ2v) is 7.13. The minimum Gasteiger partial charge on any atom is -0.234 e. The summed E-state index contributed by atoms with van der Waals surface area (Å²) < 4.78 is 0.336. The number of hydrogen-bond acceptors (Lipinski definition) is 2. The molecule has 14 heavy (non-hydrogen) atoms. The number of aliphatic imine (C=N–C) groups is 1. The van der Waals surface area contributed by atoms with Crippen molar-refractivity contribution in [2.45, 2.75) is 24.4 Å². The molecule has 0 radical (unpaired) electrons. The Bertz CT molecular complexity index is 298. The Balaban J connectivity index is 2.93. The first-order valence-electron chi connectivity index (χ1n) is 4.37. The Kier molecular flexibility index (Phi) is 4.29. The van der Waals surface area contributed by atoms with Gasteiger partial charge in [-0.3, -0.25) is 0 Å². The van der Waals surface area contributed by atoms with Crippen molar-refractivity contribution in [1.29, 1.82) is 0 Å². The Hall–Kier alpha value is 0.270. The monoisotopic (exact) mass is 293 g/mol. The first-order valence-corrected chi connectivity index (χ1v) is 6.54. The van der Waals surface area contributed by atoms with E-state index in [9.17, 15) is 0 Å². The van der Waals surface area contributed by atoms with Crippen molar-refractivity contribution in [1.82, 2.24) is 0 Å². The molecular weight excluding hydrogens is 282 g/mol. The maximum atomic E-state index is 5.89. The highest BCUT2D eigenvalue weighted by atomic mass is 79.9. The summed E-state index contributed by atoms with van der Waals surface area (Å²) in [5.41, 5.74) is -0.0644. The number of halogens is 2. The molecule has 0 aliphatic carbocycles. The molecule has 78 valence electrons. The average Bonchev–Trinajstić information content (AvgIpc) is 2.11. The normalized spacial score (nSPS) is 29.1. The Morgan fingerprint density at radius 3 is 3.00 bits per heavy atom. The molecule has 0 amide bonds. The molecule has 1 aliphatic rings. The molecule has 0 aromatic carbocycles. The second kappa shape index (κ2) is 4.86. The van der Waals surface area contributed by atoms with Gasteiger partial charge < -0.3 is 0 Å². The van der Waals surface area contributed by atoms with Gasteiger partial charge in [0.1, 0.15) is 5.16 Å². The highest BCUT2D eigenvalue weighted by molar-refractivity contribution is 9.11. The Morgan fingerprint density at radius 1 is 1.86 bits per heavy atom. The summed E-state index contributed by atoms with van der Waals surface area (Å²) in [5, 5.41) is 1.62. The van der Waals surface area contributed by atoms with Gasteiger partial charge in [0.15, 0.2) is 0 Å². The van der Waals surface area contributed by atoms with Crippen LogP contribution in [0.25, 0.3) is 0 Å². The number of thioether (sulfide) groups is 1. The Morgan fingerprint density at radius 2 is 2.50 bits per heavy atom. The average molecular weight is 295 g/mol. The summed E-state index contributed by atoms with van der Waals surface area (Å²) >= 11 is 11.1. The van der Waals surface area contributed by atoms with Crippen molar-refractivity contribution in [2.75, 3.05) is 0 Å². The van der Waals surface area contributed by atoms with Crippen LogP contribution in [0.5, 0.6) is 0 Å². The van der Waals surface area contributed by atoms with Crippen LogP contribution < -0.4 is 0 Å². The summed E-state index contributed by atoms with van der Waals surface area (Å²) in [5.74, 6) is 0. The SMILES string of the molecule is C=CC1(C)CC=C(Cl)N=C1SC(C)Br. The molecule has 0 spiro atoms. The Labute approximate surface area is 103 Å². The van der Waals surface area contributed by atoms with Gasteiger partial charge in [-0.25, -0.2) is 4.99 Å². The lowest BCUT2D eigenvalue weighted by atomic mass is 9.87. The minimum atomic E-state index is -0.0644. The summed E-state index contributed by atoms with van der Waals surface area (Å²) in [6.07, 6.45) is 4.75. The van der Waals surface area contributed by atoms with E-state index in [2.05, 4.69) is 41.3 Å². The third-order valence-electron chi connectivity index (χ3n) is 2.12. The van der Waals surface area contributed by atoms with Crippen LogP contribution in [-0.4, -0.2) is 9.20 Å². The van der Waals surface area contributed by atoms with Gasteiger partial charge in [0.05, 0.1) is 9.20 Å². The fourth-order valence-electron chi connectivity index (χ4n) is 1.14. The van der Waals surface area contributed by atoms with Gasteiger partial charge in [-0.15, -0.1) is 6.58 Å². The molecule has 0 N–H and O–H groups in total. The van der Waals surface area contributed by atoms with Crippen molar-refractivity contribution < 1.29 is 0 Å². The molecule has 0 bridgehead atoms. The summed E-state index contributed by atoms with van der Waals surface area (Å²) in [6, 6.07) is 0. The zero-order chi connectivity index (χ0) is 10.8. The van der Waals surface area contributed by atoms with Crippen molar-refractivity contribution in [2.24, 2.45) is 10.4 Å².